The average Bonchev–Trinajstić information content (AvgIpc) is 1.61. The highest BCUT2D eigenvalue weighted by Crippen LogP contribution is 1.65. The Morgan fingerprint density at radius 2 is 2.12 bits per heavy atom. The molecule has 5 heteroatoms. The first-order chi connectivity index (χ1) is 3.63. The first-order valence-electron chi connectivity index (χ1n) is 1.90. The Kier molecular flexibility index (Phi) is 2.39. The highest BCUT2D eigenvalue weighted by Gasteiger charge is 1.90. The monoisotopic (exact) mass is 120 g/mol. The fourth-order valence-electron chi connectivity index (χ4n) is 0.159. The van der Waals surface area contributed by atoms with E-state index >= 15 is 0 Å². The molecule has 0 amide bonds. The minimum absolute atomic E-state index is 0.201. The lowest BCUT2D eigenvalue weighted by Gasteiger charge is -1.85. The standard InChI is InChI=1S/C3H7N3O2/c4-3(5)6-1-2(7)8/h1H2,(H,7,8)(H4,4,5,6)/i1+1,2+1,6+1. The van der Waals surface area contributed by atoms with Gasteiger partial charge in [-0.15, -0.1) is 0 Å². The predicted octanol–water partition coefficient (Wildman–Crippen LogP) is -1.66. The molecule has 0 aromatic heterocycles. The van der Waals surface area contributed by atoms with E-state index in [4.69, 9.17) is 16.6 Å². The van der Waals surface area contributed by atoms with Crippen molar-refractivity contribution < 1.29 is 9.90 Å². The van der Waals surface area contributed by atoms with Crippen LogP contribution in [0, 0.1) is 0 Å². The van der Waals surface area contributed by atoms with Gasteiger partial charge in [0.25, 0.3) is 0 Å². The van der Waals surface area contributed by atoms with E-state index in [0.717, 1.165) is 0 Å². The zero-order valence-corrected chi connectivity index (χ0v) is 4.16. The van der Waals surface area contributed by atoms with Crippen LogP contribution in [0.1, 0.15) is 0 Å². The number of rotatable bonds is 2. The number of hydrogen-bond donors (Lipinski definition) is 3. The molecule has 0 aromatic rings. The molecule has 0 atom stereocenters. The SMILES string of the molecule is NC(N)=[15N][13CH2][13C](=O)O. The van der Waals surface area contributed by atoms with Crippen LogP contribution in [0.2, 0.25) is 0 Å². The number of nitrogens with zero attached hydrogens (tertiary/aromatic N) is 1. The molecule has 0 spiro atoms. The maximum atomic E-state index is 9.69. The number of carboxylic acid groups (broad SMARTS) is 1. The van der Waals surface area contributed by atoms with Crippen LogP contribution in [-0.2, 0) is 4.79 Å². The quantitative estimate of drug-likeness (QED) is 0.176. The fraction of sp³-hybridized carbons (Fsp3) is 0.333. The van der Waals surface area contributed by atoms with Crippen molar-refractivity contribution in [3.8, 4) is 0 Å². The minimum Gasteiger partial charge on any atom is -0.480 e. The molecular formula is C3H7N3O2. The van der Waals surface area contributed by atoms with E-state index < -0.39 is 5.97 Å². The number of hydrogen-bond acceptors (Lipinski definition) is 2. The van der Waals surface area contributed by atoms with Gasteiger partial charge < -0.3 is 16.6 Å². The Bertz CT molecular complexity index is 116. The maximum absolute atomic E-state index is 9.69. The van der Waals surface area contributed by atoms with E-state index in [1.165, 1.54) is 0 Å². The fourth-order valence-corrected chi connectivity index (χ4v) is 0.159. The lowest BCUT2D eigenvalue weighted by molar-refractivity contribution is -0.135. The maximum Gasteiger partial charge on any atom is 0.325 e. The largest absolute Gasteiger partial charge is 0.480 e. The van der Waals surface area contributed by atoms with Crippen LogP contribution in [0.5, 0.6) is 0 Å². The molecule has 8 heavy (non-hydrogen) atoms. The predicted molar refractivity (Wildman–Crippen MR) is 28.3 cm³/mol. The van der Waals surface area contributed by atoms with Gasteiger partial charge in [-0.2, -0.15) is 0 Å². The van der Waals surface area contributed by atoms with Gasteiger partial charge in [0.2, 0.25) is 0 Å². The number of aliphatic carboxylic acids is 1. The number of carboxylic acids is 1. The first-order valence-corrected chi connectivity index (χ1v) is 1.90. The molecule has 0 radical (unpaired) electrons. The van der Waals surface area contributed by atoms with Crippen LogP contribution < -0.4 is 11.5 Å². The molecule has 0 aliphatic heterocycles. The van der Waals surface area contributed by atoms with Gasteiger partial charge in [-0.05, 0) is 0 Å². The molecule has 0 rings (SSSR count). The van der Waals surface area contributed by atoms with Gasteiger partial charge in [0, 0.05) is 0 Å². The molecule has 0 bridgehead atoms. The summed E-state index contributed by atoms with van der Waals surface area (Å²) >= 11 is 0. The summed E-state index contributed by atoms with van der Waals surface area (Å²) in [6.45, 7) is -0.359. The highest BCUT2D eigenvalue weighted by molar-refractivity contribution is 5.79. The molecule has 0 aromatic carbocycles. The number of guanidine groups is 1. The third kappa shape index (κ3) is 4.74. The normalized spacial score (nSPS) is 8.00. The van der Waals surface area contributed by atoms with Gasteiger partial charge in [0.1, 0.15) is 6.54 Å². The van der Waals surface area contributed by atoms with Crippen LogP contribution in [0.3, 0.4) is 0 Å². The van der Waals surface area contributed by atoms with Crippen molar-refractivity contribution in [2.75, 3.05) is 6.54 Å². The lowest BCUT2D eigenvalue weighted by atomic mass is 11.1. The van der Waals surface area contributed by atoms with E-state index in [9.17, 15) is 4.79 Å². The molecule has 0 saturated carbocycles. The summed E-state index contributed by atoms with van der Waals surface area (Å²) in [5.74, 6) is -1.24. The van der Waals surface area contributed by atoms with Crippen LogP contribution in [0.4, 0.5) is 0 Å². The molecule has 0 unspecified atom stereocenters. The molecule has 0 fully saturated rings. The third-order valence-corrected chi connectivity index (χ3v) is 0.397. The van der Waals surface area contributed by atoms with E-state index in [1.54, 1.807) is 0 Å². The highest BCUT2D eigenvalue weighted by atomic mass is 16.5. The molecule has 0 aliphatic carbocycles. The Hall–Kier alpha value is -1.26. The minimum atomic E-state index is -1.04. The number of aliphatic imine (C=N–C) groups is 1. The molecule has 5 nitrogen and oxygen atoms in total. The smallest absolute Gasteiger partial charge is 0.325 e. The zero-order chi connectivity index (χ0) is 6.57. The van der Waals surface area contributed by atoms with Crippen LogP contribution >= 0.6 is 0 Å². The lowest BCUT2D eigenvalue weighted by Crippen LogP contribution is -2.24. The summed E-state index contributed by atoms with van der Waals surface area (Å²) in [7, 11) is 0. The summed E-state index contributed by atoms with van der Waals surface area (Å²) in [5, 5.41) is 7.94. The zero-order valence-electron chi connectivity index (χ0n) is 4.16. The summed E-state index contributed by atoms with van der Waals surface area (Å²) < 4.78 is 0. The molecule has 0 heterocycles. The summed E-state index contributed by atoms with van der Waals surface area (Å²) in [6, 6.07) is 0. The van der Waals surface area contributed by atoms with Gasteiger partial charge in [0.15, 0.2) is 5.96 Å². The Balaban J connectivity index is 3.45. The van der Waals surface area contributed by atoms with Crippen molar-refractivity contribution in [1.29, 1.82) is 0 Å². The van der Waals surface area contributed by atoms with Crippen molar-refractivity contribution in [3.63, 3.8) is 0 Å². The Morgan fingerprint density at radius 3 is 2.25 bits per heavy atom. The van der Waals surface area contributed by atoms with E-state index in [1.807, 2.05) is 0 Å². The number of nitrogens with two attached hydrogens (primary N) is 2. The average molecular weight is 120 g/mol. The van der Waals surface area contributed by atoms with Gasteiger partial charge in [0.05, 0.1) is 0 Å². The number of carbonyl (C=O) groups is 1. The van der Waals surface area contributed by atoms with Crippen LogP contribution in [0.25, 0.3) is 0 Å². The summed E-state index contributed by atoms with van der Waals surface area (Å²) in [5.41, 5.74) is 9.61. The summed E-state index contributed by atoms with van der Waals surface area (Å²) in [4.78, 5) is 12.9. The van der Waals surface area contributed by atoms with Crippen LogP contribution in [-0.4, -0.2) is 23.6 Å². The van der Waals surface area contributed by atoms with Gasteiger partial charge >= 0.3 is 5.97 Å². The van der Waals surface area contributed by atoms with Crippen molar-refractivity contribution in [2.24, 2.45) is 16.5 Å². The van der Waals surface area contributed by atoms with E-state index in [-0.39, 0.29) is 12.5 Å². The third-order valence-electron chi connectivity index (χ3n) is 0.397. The van der Waals surface area contributed by atoms with Gasteiger partial charge in [-0.3, -0.25) is 4.79 Å². The second-order valence-electron chi connectivity index (χ2n) is 1.13. The molecule has 46 valence electrons. The molecule has 0 saturated heterocycles. The topological polar surface area (TPSA) is 102 Å². The van der Waals surface area contributed by atoms with Crippen molar-refractivity contribution in [1.82, 2.24) is 0 Å². The second kappa shape index (κ2) is 2.84. The summed E-state index contributed by atoms with van der Waals surface area (Å²) in [6.07, 6.45) is 0. The Labute approximate surface area is 46.0 Å². The molecular weight excluding hydrogens is 113 g/mol. The molecule has 0 aliphatic rings. The van der Waals surface area contributed by atoms with E-state index in [0.29, 0.717) is 0 Å². The van der Waals surface area contributed by atoms with Crippen molar-refractivity contribution in [2.45, 2.75) is 0 Å². The first kappa shape index (κ1) is 6.74. The van der Waals surface area contributed by atoms with E-state index in [2.05, 4.69) is 4.99 Å². The van der Waals surface area contributed by atoms with Crippen molar-refractivity contribution >= 4 is 11.9 Å². The van der Waals surface area contributed by atoms with Gasteiger partial charge in [-0.25, -0.2) is 4.99 Å². The molecule has 5 N–H and O–H groups in total. The van der Waals surface area contributed by atoms with Crippen LogP contribution in [0.15, 0.2) is 4.99 Å². The Morgan fingerprint density at radius 1 is 1.62 bits per heavy atom. The van der Waals surface area contributed by atoms with Crippen molar-refractivity contribution in [3.05, 3.63) is 0 Å². The van der Waals surface area contributed by atoms with Gasteiger partial charge in [-0.1, -0.05) is 0 Å². The second-order valence-corrected chi connectivity index (χ2v) is 1.13.